The monoisotopic (exact) mass is 296 g/mol. The van der Waals surface area contributed by atoms with Crippen LogP contribution in [-0.4, -0.2) is 47.7 Å². The van der Waals surface area contributed by atoms with Gasteiger partial charge in [0.1, 0.15) is 0 Å². The minimum atomic E-state index is -0.627. The molecular weight excluding hydrogens is 264 g/mol. The summed E-state index contributed by atoms with van der Waals surface area (Å²) < 4.78 is 0. The van der Waals surface area contributed by atoms with Crippen molar-refractivity contribution < 1.29 is 9.90 Å². The van der Waals surface area contributed by atoms with E-state index in [-0.39, 0.29) is 11.3 Å². The van der Waals surface area contributed by atoms with Crippen LogP contribution in [0.1, 0.15) is 53.4 Å². The van der Waals surface area contributed by atoms with Crippen molar-refractivity contribution in [3.63, 3.8) is 0 Å². The van der Waals surface area contributed by atoms with Crippen molar-refractivity contribution in [1.29, 1.82) is 0 Å². The zero-order valence-electron chi connectivity index (χ0n) is 14.2. The van der Waals surface area contributed by atoms with Gasteiger partial charge in [-0.25, -0.2) is 0 Å². The highest BCUT2D eigenvalue weighted by Gasteiger charge is 2.46. The number of carboxylic acids is 1. The third kappa shape index (κ3) is 3.42. The Hall–Kier alpha value is -0.610. The predicted molar refractivity (Wildman–Crippen MR) is 85.3 cm³/mol. The molecule has 122 valence electrons. The molecule has 0 spiro atoms. The van der Waals surface area contributed by atoms with Crippen LogP contribution >= 0.6 is 0 Å². The summed E-state index contributed by atoms with van der Waals surface area (Å²) in [4.78, 5) is 13.9. The average Bonchev–Trinajstić information content (AvgIpc) is 2.39. The Balaban J connectivity index is 1.98. The summed E-state index contributed by atoms with van der Waals surface area (Å²) >= 11 is 0. The number of carboxylic acid groups (broad SMARTS) is 1. The molecule has 5 unspecified atom stereocenters. The zero-order valence-corrected chi connectivity index (χ0v) is 14.2. The molecule has 0 aromatic rings. The quantitative estimate of drug-likeness (QED) is 0.840. The Morgan fingerprint density at radius 3 is 2.48 bits per heavy atom. The summed E-state index contributed by atoms with van der Waals surface area (Å²) in [6, 6.07) is 1.67. The van der Waals surface area contributed by atoms with Crippen molar-refractivity contribution in [2.45, 2.75) is 71.5 Å². The number of hydrogen-bond acceptors (Lipinski definition) is 3. The lowest BCUT2D eigenvalue weighted by Gasteiger charge is -2.48. The van der Waals surface area contributed by atoms with Crippen LogP contribution in [0.2, 0.25) is 0 Å². The van der Waals surface area contributed by atoms with E-state index in [1.807, 2.05) is 0 Å². The van der Waals surface area contributed by atoms with E-state index >= 15 is 0 Å². The minimum Gasteiger partial charge on any atom is -0.481 e. The number of carbonyl (C=O) groups is 1. The van der Waals surface area contributed by atoms with Crippen molar-refractivity contribution >= 4 is 5.97 Å². The Labute approximate surface area is 129 Å². The molecule has 4 nitrogen and oxygen atoms in total. The Kier molecular flexibility index (Phi) is 4.99. The molecule has 5 atom stereocenters. The molecule has 1 aliphatic heterocycles. The molecule has 21 heavy (non-hydrogen) atoms. The molecule has 1 saturated heterocycles. The molecule has 1 saturated carbocycles. The number of likely N-dealkylation sites (tertiary alicyclic amines) is 1. The first-order valence-electron chi connectivity index (χ1n) is 8.42. The Morgan fingerprint density at radius 1 is 1.24 bits per heavy atom. The molecule has 1 heterocycles. The topological polar surface area (TPSA) is 52.6 Å². The first-order valence-corrected chi connectivity index (χ1v) is 8.42. The van der Waals surface area contributed by atoms with Crippen LogP contribution in [0.25, 0.3) is 0 Å². The molecule has 2 aliphatic rings. The van der Waals surface area contributed by atoms with E-state index in [1.165, 1.54) is 12.8 Å². The highest BCUT2D eigenvalue weighted by Crippen LogP contribution is 2.45. The summed E-state index contributed by atoms with van der Waals surface area (Å²) in [5.74, 6) is -0.442. The van der Waals surface area contributed by atoms with Gasteiger partial charge < -0.3 is 15.3 Å². The van der Waals surface area contributed by atoms with E-state index in [9.17, 15) is 9.90 Å². The number of nitrogens with zero attached hydrogens (tertiary/aromatic N) is 1. The molecule has 2 N–H and O–H groups in total. The SMILES string of the molecule is CC1CC(NC2CCC(C(=O)O)C(C)(C)C2C)CCN1C. The van der Waals surface area contributed by atoms with Gasteiger partial charge in [0, 0.05) is 18.1 Å². The second kappa shape index (κ2) is 6.25. The van der Waals surface area contributed by atoms with E-state index in [2.05, 4.69) is 45.0 Å². The summed E-state index contributed by atoms with van der Waals surface area (Å²) in [5.41, 5.74) is -0.140. The van der Waals surface area contributed by atoms with Gasteiger partial charge in [-0.2, -0.15) is 0 Å². The van der Waals surface area contributed by atoms with Gasteiger partial charge in [0.25, 0.3) is 0 Å². The molecule has 0 bridgehead atoms. The van der Waals surface area contributed by atoms with E-state index in [0.717, 1.165) is 19.4 Å². The van der Waals surface area contributed by atoms with Crippen molar-refractivity contribution in [3.8, 4) is 0 Å². The van der Waals surface area contributed by atoms with Gasteiger partial charge in [-0.1, -0.05) is 20.8 Å². The van der Waals surface area contributed by atoms with Crippen LogP contribution in [0.5, 0.6) is 0 Å². The van der Waals surface area contributed by atoms with Crippen LogP contribution in [0, 0.1) is 17.3 Å². The van der Waals surface area contributed by atoms with Gasteiger partial charge in [0.05, 0.1) is 5.92 Å². The number of rotatable bonds is 3. The Morgan fingerprint density at radius 2 is 1.90 bits per heavy atom. The lowest BCUT2D eigenvalue weighted by molar-refractivity contribution is -0.150. The predicted octanol–water partition coefficient (Wildman–Crippen LogP) is 2.58. The smallest absolute Gasteiger partial charge is 0.307 e. The fraction of sp³-hybridized carbons (Fsp3) is 0.941. The van der Waals surface area contributed by atoms with E-state index in [1.54, 1.807) is 0 Å². The summed E-state index contributed by atoms with van der Waals surface area (Å²) in [7, 11) is 2.20. The fourth-order valence-corrected chi connectivity index (χ4v) is 4.22. The van der Waals surface area contributed by atoms with Crippen molar-refractivity contribution in [2.75, 3.05) is 13.6 Å². The average molecular weight is 296 g/mol. The molecule has 0 radical (unpaired) electrons. The molecule has 0 aromatic carbocycles. The van der Waals surface area contributed by atoms with Gasteiger partial charge in [0.15, 0.2) is 0 Å². The maximum Gasteiger partial charge on any atom is 0.307 e. The van der Waals surface area contributed by atoms with Crippen LogP contribution in [-0.2, 0) is 4.79 Å². The second-order valence-corrected chi connectivity index (χ2v) is 7.90. The van der Waals surface area contributed by atoms with E-state index in [0.29, 0.717) is 24.0 Å². The van der Waals surface area contributed by atoms with Gasteiger partial charge in [0.2, 0.25) is 0 Å². The van der Waals surface area contributed by atoms with Gasteiger partial charge in [-0.15, -0.1) is 0 Å². The van der Waals surface area contributed by atoms with Crippen molar-refractivity contribution in [3.05, 3.63) is 0 Å². The molecule has 0 amide bonds. The number of hydrogen-bond donors (Lipinski definition) is 2. The first-order chi connectivity index (χ1) is 9.73. The van der Waals surface area contributed by atoms with Crippen LogP contribution < -0.4 is 5.32 Å². The largest absolute Gasteiger partial charge is 0.481 e. The zero-order chi connectivity index (χ0) is 15.8. The maximum absolute atomic E-state index is 11.5. The van der Waals surface area contributed by atoms with Crippen molar-refractivity contribution in [2.24, 2.45) is 17.3 Å². The number of nitrogens with one attached hydrogen (secondary N) is 1. The molecule has 0 aromatic heterocycles. The molecule has 2 fully saturated rings. The van der Waals surface area contributed by atoms with Crippen LogP contribution in [0.15, 0.2) is 0 Å². The van der Waals surface area contributed by atoms with E-state index in [4.69, 9.17) is 0 Å². The van der Waals surface area contributed by atoms with Gasteiger partial charge in [-0.3, -0.25) is 4.79 Å². The lowest BCUT2D eigenvalue weighted by Crippen LogP contribution is -2.55. The van der Waals surface area contributed by atoms with Crippen LogP contribution in [0.4, 0.5) is 0 Å². The third-order valence-electron chi connectivity index (χ3n) is 6.40. The Bertz CT molecular complexity index is 383. The van der Waals surface area contributed by atoms with E-state index < -0.39 is 5.97 Å². The highest BCUT2D eigenvalue weighted by atomic mass is 16.4. The standard InChI is InChI=1S/C17H32N2O2/c1-11-10-13(8-9-19(11)5)18-15-7-6-14(16(20)21)17(3,4)12(15)2/h11-15,18H,6-10H2,1-5H3,(H,20,21). The van der Waals surface area contributed by atoms with Gasteiger partial charge in [-0.05, 0) is 57.5 Å². The number of piperidine rings is 1. The summed E-state index contributed by atoms with van der Waals surface area (Å²) in [6.45, 7) is 9.93. The summed E-state index contributed by atoms with van der Waals surface area (Å²) in [6.07, 6.45) is 4.18. The fourth-order valence-electron chi connectivity index (χ4n) is 4.22. The second-order valence-electron chi connectivity index (χ2n) is 7.90. The normalized spacial score (nSPS) is 40.9. The lowest BCUT2D eigenvalue weighted by atomic mass is 9.61. The minimum absolute atomic E-state index is 0.140. The van der Waals surface area contributed by atoms with Crippen molar-refractivity contribution in [1.82, 2.24) is 10.2 Å². The number of aliphatic carboxylic acids is 1. The van der Waals surface area contributed by atoms with Gasteiger partial charge >= 0.3 is 5.97 Å². The highest BCUT2D eigenvalue weighted by molar-refractivity contribution is 5.71. The third-order valence-corrected chi connectivity index (χ3v) is 6.40. The summed E-state index contributed by atoms with van der Waals surface area (Å²) in [5, 5.41) is 13.3. The van der Waals surface area contributed by atoms with Crippen LogP contribution in [0.3, 0.4) is 0 Å². The molecular formula is C17H32N2O2. The first kappa shape index (κ1) is 16.8. The molecule has 1 aliphatic carbocycles. The maximum atomic E-state index is 11.5. The molecule has 2 rings (SSSR count). The molecule has 4 heteroatoms.